The maximum Gasteiger partial charge on any atom is 0.417 e. The molecule has 3 aliphatic carbocycles. The number of aliphatic hydroxyl groups excluding tert-OH is 2. The van der Waals surface area contributed by atoms with Gasteiger partial charge in [0.25, 0.3) is 5.91 Å². The lowest BCUT2D eigenvalue weighted by molar-refractivity contribution is -0.147. The van der Waals surface area contributed by atoms with E-state index in [0.29, 0.717) is 19.4 Å². The lowest BCUT2D eigenvalue weighted by atomic mass is 9.59. The van der Waals surface area contributed by atoms with Crippen LogP contribution in [0.2, 0.25) is 0 Å². The summed E-state index contributed by atoms with van der Waals surface area (Å²) in [6, 6.07) is 0.266. The van der Waals surface area contributed by atoms with E-state index in [-0.39, 0.29) is 17.5 Å². The standard InChI is InChI=1S/C24H23F3N2O7/c25-24(26,27)18-10(12-2-1-3-29-12)7-14(31)16-11(18)5-8-4-9-6-13(30)17(22(28)35)21(34)23(9,36)20(33)15(8)19(16)32/h7-9,12,29,31-32,34,36H,1-6H2,(H2,28,35)/t8?,9-,12?,23-/m0/s1. The fraction of sp³-hybridized carbons (Fsp3) is 0.458. The lowest BCUT2D eigenvalue weighted by Gasteiger charge is -2.46. The molecule has 1 amide bonds. The molecule has 1 aromatic carbocycles. The minimum Gasteiger partial charge on any atom is -0.508 e. The molecule has 1 aromatic rings. The van der Waals surface area contributed by atoms with Crippen molar-refractivity contribution in [3.63, 3.8) is 0 Å². The average Bonchev–Trinajstić information content (AvgIpc) is 3.29. The summed E-state index contributed by atoms with van der Waals surface area (Å²) in [5.74, 6) is -8.67. The summed E-state index contributed by atoms with van der Waals surface area (Å²) in [7, 11) is 0. The van der Waals surface area contributed by atoms with Gasteiger partial charge in [0.05, 0.1) is 11.1 Å². The molecule has 0 bridgehead atoms. The zero-order chi connectivity index (χ0) is 26.3. The highest BCUT2D eigenvalue weighted by Crippen LogP contribution is 2.54. The summed E-state index contributed by atoms with van der Waals surface area (Å²) >= 11 is 0. The van der Waals surface area contributed by atoms with Crippen LogP contribution < -0.4 is 11.1 Å². The summed E-state index contributed by atoms with van der Waals surface area (Å²) in [6.45, 7) is 0.505. The van der Waals surface area contributed by atoms with Gasteiger partial charge < -0.3 is 31.5 Å². The third kappa shape index (κ3) is 3.20. The molecule has 7 N–H and O–H groups in total. The van der Waals surface area contributed by atoms with E-state index in [4.69, 9.17) is 5.73 Å². The molecule has 5 rings (SSSR count). The number of nitrogens with one attached hydrogen (secondary N) is 1. The van der Waals surface area contributed by atoms with Crippen molar-refractivity contribution in [1.82, 2.24) is 5.32 Å². The van der Waals surface area contributed by atoms with Gasteiger partial charge in [0.1, 0.15) is 22.8 Å². The van der Waals surface area contributed by atoms with Gasteiger partial charge >= 0.3 is 6.18 Å². The van der Waals surface area contributed by atoms with E-state index in [1.54, 1.807) is 0 Å². The zero-order valence-electron chi connectivity index (χ0n) is 18.8. The number of fused-ring (bicyclic) bond motifs is 3. The predicted molar refractivity (Wildman–Crippen MR) is 116 cm³/mol. The van der Waals surface area contributed by atoms with E-state index in [0.717, 1.165) is 6.07 Å². The van der Waals surface area contributed by atoms with Crippen LogP contribution in [0, 0.1) is 11.8 Å². The van der Waals surface area contributed by atoms with Gasteiger partial charge in [-0.15, -0.1) is 0 Å². The third-order valence-electron chi connectivity index (χ3n) is 7.82. The first-order valence-corrected chi connectivity index (χ1v) is 11.4. The Labute approximate surface area is 202 Å². The van der Waals surface area contributed by atoms with Crippen molar-refractivity contribution < 1.29 is 48.0 Å². The number of aromatic hydroxyl groups is 1. The SMILES string of the molecule is NC(=O)C1=C(O)[C@@]2(O)C(=O)C3=C(O)c4c(O)cc(C5CCCN5)c(C(F)(F)F)c4CC3C[C@H]2CC1=O. The maximum atomic E-state index is 14.4. The minimum atomic E-state index is -4.84. The third-order valence-corrected chi connectivity index (χ3v) is 7.82. The molecular weight excluding hydrogens is 485 g/mol. The number of hydrogen-bond donors (Lipinski definition) is 6. The summed E-state index contributed by atoms with van der Waals surface area (Å²) < 4.78 is 43.1. The van der Waals surface area contributed by atoms with E-state index < -0.39 is 99.5 Å². The smallest absolute Gasteiger partial charge is 0.417 e. The molecule has 9 nitrogen and oxygen atoms in total. The number of primary amides is 1. The van der Waals surface area contributed by atoms with Gasteiger partial charge in [-0.1, -0.05) is 0 Å². The Balaban J connectivity index is 1.73. The minimum absolute atomic E-state index is 0.161. The van der Waals surface area contributed by atoms with Crippen molar-refractivity contribution in [1.29, 1.82) is 0 Å². The number of aliphatic hydroxyl groups is 3. The second kappa shape index (κ2) is 7.81. The van der Waals surface area contributed by atoms with Crippen molar-refractivity contribution in [2.45, 2.75) is 49.9 Å². The number of phenolic OH excluding ortho intramolecular Hbond substituents is 1. The van der Waals surface area contributed by atoms with Crippen LogP contribution in [0.25, 0.3) is 5.76 Å². The van der Waals surface area contributed by atoms with Crippen LogP contribution >= 0.6 is 0 Å². The number of alkyl halides is 3. The Kier molecular flexibility index (Phi) is 5.27. The molecule has 4 aliphatic rings. The van der Waals surface area contributed by atoms with E-state index in [9.17, 15) is 48.0 Å². The fourth-order valence-electron chi connectivity index (χ4n) is 6.28. The predicted octanol–water partition coefficient (Wildman–Crippen LogP) is 1.87. The van der Waals surface area contributed by atoms with Gasteiger partial charge in [0, 0.05) is 24.0 Å². The summed E-state index contributed by atoms with van der Waals surface area (Å²) in [4.78, 5) is 37.5. The van der Waals surface area contributed by atoms with E-state index in [1.807, 2.05) is 0 Å². The van der Waals surface area contributed by atoms with Crippen LogP contribution in [0.1, 0.15) is 54.0 Å². The second-order valence-corrected chi connectivity index (χ2v) is 9.77. The zero-order valence-corrected chi connectivity index (χ0v) is 18.8. The topological polar surface area (TPSA) is 170 Å². The molecule has 2 fully saturated rings. The Hall–Kier alpha value is -3.38. The first-order valence-electron chi connectivity index (χ1n) is 11.4. The van der Waals surface area contributed by atoms with Crippen LogP contribution in [-0.2, 0) is 27.0 Å². The van der Waals surface area contributed by atoms with E-state index >= 15 is 0 Å². The first-order chi connectivity index (χ1) is 16.8. The van der Waals surface area contributed by atoms with Crippen LogP contribution in [0.3, 0.4) is 0 Å². The summed E-state index contributed by atoms with van der Waals surface area (Å²) in [5.41, 5.74) is -1.18. The van der Waals surface area contributed by atoms with E-state index in [2.05, 4.69) is 5.32 Å². The monoisotopic (exact) mass is 508 g/mol. The number of carbonyl (C=O) groups is 3. The molecule has 12 heteroatoms. The molecule has 0 radical (unpaired) electrons. The number of carbonyl (C=O) groups excluding carboxylic acids is 3. The molecule has 1 saturated heterocycles. The van der Waals surface area contributed by atoms with Gasteiger partial charge in [0.2, 0.25) is 5.78 Å². The molecule has 1 saturated carbocycles. The second-order valence-electron chi connectivity index (χ2n) is 9.77. The normalized spacial score (nSPS) is 30.3. The lowest BCUT2D eigenvalue weighted by Crippen LogP contribution is -2.58. The number of rotatable bonds is 2. The molecule has 4 atom stereocenters. The number of nitrogens with two attached hydrogens (primary N) is 1. The number of halogens is 3. The number of benzene rings is 1. The fourth-order valence-corrected chi connectivity index (χ4v) is 6.28. The van der Waals surface area contributed by atoms with Crippen molar-refractivity contribution in [2.24, 2.45) is 17.6 Å². The molecule has 1 heterocycles. The number of amides is 1. The Bertz CT molecular complexity index is 1290. The highest BCUT2D eigenvalue weighted by Gasteiger charge is 2.60. The highest BCUT2D eigenvalue weighted by molar-refractivity contribution is 6.22. The number of ketones is 2. The molecule has 192 valence electrons. The molecule has 1 aliphatic heterocycles. The Morgan fingerprint density at radius 1 is 1.17 bits per heavy atom. The van der Waals surface area contributed by atoms with Gasteiger partial charge in [-0.3, -0.25) is 14.4 Å². The number of hydrogen-bond acceptors (Lipinski definition) is 8. The Morgan fingerprint density at radius 2 is 1.86 bits per heavy atom. The number of phenols is 1. The first kappa shape index (κ1) is 24.3. The van der Waals surface area contributed by atoms with Gasteiger partial charge in [-0.2, -0.15) is 13.2 Å². The largest absolute Gasteiger partial charge is 0.508 e. The molecule has 0 aromatic heterocycles. The van der Waals surface area contributed by atoms with Crippen molar-refractivity contribution in [3.05, 3.63) is 45.2 Å². The van der Waals surface area contributed by atoms with Gasteiger partial charge in [0.15, 0.2) is 11.4 Å². The van der Waals surface area contributed by atoms with Crippen molar-refractivity contribution in [2.75, 3.05) is 6.54 Å². The van der Waals surface area contributed by atoms with Crippen molar-refractivity contribution >= 4 is 23.2 Å². The van der Waals surface area contributed by atoms with Gasteiger partial charge in [-0.05, 0) is 55.3 Å². The summed E-state index contributed by atoms with van der Waals surface area (Å²) in [5, 5.41) is 46.4. The van der Waals surface area contributed by atoms with Crippen LogP contribution in [0.15, 0.2) is 23.0 Å². The van der Waals surface area contributed by atoms with Crippen LogP contribution in [0.5, 0.6) is 5.75 Å². The molecule has 2 unspecified atom stereocenters. The number of Topliss-reactive ketones (excluding diaryl/α,β-unsaturated/α-hetero) is 2. The Morgan fingerprint density at radius 3 is 2.44 bits per heavy atom. The molecular formula is C24H23F3N2O7. The average molecular weight is 508 g/mol. The molecule has 36 heavy (non-hydrogen) atoms. The van der Waals surface area contributed by atoms with Gasteiger partial charge in [-0.25, -0.2) is 0 Å². The van der Waals surface area contributed by atoms with Crippen LogP contribution in [-0.4, -0.2) is 50.0 Å². The highest BCUT2D eigenvalue weighted by atomic mass is 19.4. The molecule has 0 spiro atoms. The van der Waals surface area contributed by atoms with E-state index in [1.165, 1.54) is 0 Å². The van der Waals surface area contributed by atoms with Crippen molar-refractivity contribution in [3.8, 4) is 5.75 Å². The quantitative estimate of drug-likeness (QED) is 0.329. The maximum absolute atomic E-state index is 14.4. The van der Waals surface area contributed by atoms with Crippen LogP contribution in [0.4, 0.5) is 13.2 Å². The summed E-state index contributed by atoms with van der Waals surface area (Å²) in [6.07, 6.45) is -4.98.